The molecule has 0 radical (unpaired) electrons. The molecule has 78 valence electrons. The van der Waals surface area contributed by atoms with Crippen LogP contribution in [0, 0.1) is 0 Å². The molecule has 0 aromatic rings. The molecule has 0 bridgehead atoms. The summed E-state index contributed by atoms with van der Waals surface area (Å²) in [6, 6.07) is 0. The Hall–Kier alpha value is 0.550. The van der Waals surface area contributed by atoms with Crippen molar-refractivity contribution in [1.82, 2.24) is 4.31 Å². The van der Waals surface area contributed by atoms with E-state index >= 15 is 0 Å². The molecule has 1 aliphatic rings. The molecule has 0 aromatic carbocycles. The minimum Gasteiger partial charge on any atom is -0.211 e. The molecule has 0 aliphatic carbocycles. The van der Waals surface area contributed by atoms with Crippen LogP contribution in [-0.2, 0) is 10.0 Å². The third-order valence-electron chi connectivity index (χ3n) is 2.09. The molecule has 3 nitrogen and oxygen atoms in total. The standard InChI is InChI=1S/C7H14ClNO2S2/c1-2-7-5-9(3-4-12-7)13(10,11)6-8/h7H,2-6H2,1H3. The minimum absolute atomic E-state index is 0.298. The van der Waals surface area contributed by atoms with Crippen molar-refractivity contribution in [3.63, 3.8) is 0 Å². The number of hydrogen-bond acceptors (Lipinski definition) is 3. The third-order valence-corrected chi connectivity index (χ3v) is 5.68. The van der Waals surface area contributed by atoms with Gasteiger partial charge in [0.15, 0.2) is 0 Å². The van der Waals surface area contributed by atoms with Crippen LogP contribution >= 0.6 is 23.4 Å². The van der Waals surface area contributed by atoms with Crippen molar-refractivity contribution in [1.29, 1.82) is 0 Å². The van der Waals surface area contributed by atoms with E-state index in [1.54, 1.807) is 0 Å². The van der Waals surface area contributed by atoms with Crippen LogP contribution in [0.3, 0.4) is 0 Å². The van der Waals surface area contributed by atoms with Crippen LogP contribution in [0.2, 0.25) is 0 Å². The normalized spacial score (nSPS) is 26.2. The smallest absolute Gasteiger partial charge is 0.211 e. The topological polar surface area (TPSA) is 37.4 Å². The number of rotatable bonds is 3. The highest BCUT2D eigenvalue weighted by molar-refractivity contribution is 8.00. The zero-order valence-electron chi connectivity index (χ0n) is 7.57. The van der Waals surface area contributed by atoms with E-state index < -0.39 is 10.0 Å². The van der Waals surface area contributed by atoms with Gasteiger partial charge in [-0.05, 0) is 6.42 Å². The number of hydrogen-bond donors (Lipinski definition) is 0. The first kappa shape index (κ1) is 11.6. The quantitative estimate of drug-likeness (QED) is 0.702. The first-order valence-electron chi connectivity index (χ1n) is 4.25. The molecule has 0 saturated carbocycles. The summed E-state index contributed by atoms with van der Waals surface area (Å²) < 4.78 is 24.3. The van der Waals surface area contributed by atoms with Crippen LogP contribution in [0.1, 0.15) is 13.3 Å². The molecule has 1 saturated heterocycles. The Balaban J connectivity index is 2.61. The molecule has 6 heteroatoms. The van der Waals surface area contributed by atoms with Crippen molar-refractivity contribution in [2.24, 2.45) is 0 Å². The summed E-state index contributed by atoms with van der Waals surface area (Å²) in [4.78, 5) is 0. The SMILES string of the molecule is CCC1CN(S(=O)(=O)CCl)CCS1. The van der Waals surface area contributed by atoms with Gasteiger partial charge in [-0.25, -0.2) is 8.42 Å². The number of sulfonamides is 1. The van der Waals surface area contributed by atoms with Crippen LogP contribution in [-0.4, -0.2) is 42.0 Å². The predicted molar refractivity (Wildman–Crippen MR) is 57.7 cm³/mol. The summed E-state index contributed by atoms with van der Waals surface area (Å²) >= 11 is 7.23. The van der Waals surface area contributed by atoms with Crippen molar-refractivity contribution in [2.75, 3.05) is 24.1 Å². The van der Waals surface area contributed by atoms with E-state index in [1.165, 1.54) is 4.31 Å². The molecule has 0 N–H and O–H groups in total. The van der Waals surface area contributed by atoms with Gasteiger partial charge >= 0.3 is 0 Å². The molecule has 1 fully saturated rings. The molecule has 1 unspecified atom stereocenters. The highest BCUT2D eigenvalue weighted by Gasteiger charge is 2.27. The van der Waals surface area contributed by atoms with E-state index in [2.05, 4.69) is 6.92 Å². The highest BCUT2D eigenvalue weighted by atomic mass is 35.5. The van der Waals surface area contributed by atoms with E-state index in [0.717, 1.165) is 12.2 Å². The molecule has 13 heavy (non-hydrogen) atoms. The molecule has 1 heterocycles. The van der Waals surface area contributed by atoms with Gasteiger partial charge in [-0.3, -0.25) is 0 Å². The first-order chi connectivity index (χ1) is 6.10. The minimum atomic E-state index is -3.18. The lowest BCUT2D eigenvalue weighted by Gasteiger charge is -2.30. The highest BCUT2D eigenvalue weighted by Crippen LogP contribution is 2.23. The lowest BCUT2D eigenvalue weighted by Crippen LogP contribution is -2.42. The van der Waals surface area contributed by atoms with Gasteiger partial charge in [0.2, 0.25) is 10.0 Å². The van der Waals surface area contributed by atoms with Gasteiger partial charge in [0.05, 0.1) is 0 Å². The van der Waals surface area contributed by atoms with Crippen LogP contribution in [0.25, 0.3) is 0 Å². The van der Waals surface area contributed by atoms with Crippen LogP contribution < -0.4 is 0 Å². The van der Waals surface area contributed by atoms with Gasteiger partial charge in [-0.1, -0.05) is 6.92 Å². The fourth-order valence-electron chi connectivity index (χ4n) is 1.26. The number of thioether (sulfide) groups is 1. The summed E-state index contributed by atoms with van der Waals surface area (Å²) in [7, 11) is -3.18. The second-order valence-corrected chi connectivity index (χ2v) is 6.94. The molecule has 1 aliphatic heterocycles. The van der Waals surface area contributed by atoms with Gasteiger partial charge in [0.1, 0.15) is 5.21 Å². The van der Waals surface area contributed by atoms with E-state index in [9.17, 15) is 8.42 Å². The maximum absolute atomic E-state index is 11.4. The van der Waals surface area contributed by atoms with Crippen molar-refractivity contribution >= 4 is 33.4 Å². The van der Waals surface area contributed by atoms with Crippen LogP contribution in [0.5, 0.6) is 0 Å². The first-order valence-corrected chi connectivity index (χ1v) is 7.44. The summed E-state index contributed by atoms with van der Waals surface area (Å²) in [6.45, 7) is 3.31. The second-order valence-electron chi connectivity index (χ2n) is 2.98. The molecular weight excluding hydrogens is 230 g/mol. The van der Waals surface area contributed by atoms with Gasteiger partial charge in [-0.2, -0.15) is 16.1 Å². The summed E-state index contributed by atoms with van der Waals surface area (Å²) in [5.74, 6) is 0.884. The average Bonchev–Trinajstić information content (AvgIpc) is 2.18. The lowest BCUT2D eigenvalue weighted by molar-refractivity contribution is 0.419. The fourth-order valence-corrected chi connectivity index (χ4v) is 3.98. The maximum atomic E-state index is 11.4. The van der Waals surface area contributed by atoms with Crippen molar-refractivity contribution in [3.05, 3.63) is 0 Å². The van der Waals surface area contributed by atoms with Crippen molar-refractivity contribution in [3.8, 4) is 0 Å². The summed E-state index contributed by atoms with van der Waals surface area (Å²) in [6.07, 6.45) is 1.01. The van der Waals surface area contributed by atoms with Crippen molar-refractivity contribution in [2.45, 2.75) is 18.6 Å². The zero-order chi connectivity index (χ0) is 9.90. The third kappa shape index (κ3) is 3.01. The lowest BCUT2D eigenvalue weighted by atomic mass is 10.3. The van der Waals surface area contributed by atoms with Crippen molar-refractivity contribution < 1.29 is 8.42 Å². The zero-order valence-corrected chi connectivity index (χ0v) is 9.96. The Labute approximate surface area is 88.9 Å². The molecule has 0 aromatic heterocycles. The average molecular weight is 244 g/mol. The van der Waals surface area contributed by atoms with Gasteiger partial charge < -0.3 is 0 Å². The Morgan fingerprint density at radius 2 is 2.31 bits per heavy atom. The Morgan fingerprint density at radius 3 is 2.85 bits per heavy atom. The molecule has 1 atom stereocenters. The number of nitrogens with zero attached hydrogens (tertiary/aromatic N) is 1. The van der Waals surface area contributed by atoms with Crippen LogP contribution in [0.4, 0.5) is 0 Å². The Kier molecular flexibility index (Phi) is 4.35. The summed E-state index contributed by atoms with van der Waals surface area (Å²) in [5.41, 5.74) is 0. The Bertz CT molecular complexity index is 255. The fraction of sp³-hybridized carbons (Fsp3) is 1.00. The summed E-state index contributed by atoms with van der Waals surface area (Å²) in [5, 5.41) is 0.139. The van der Waals surface area contributed by atoms with Crippen LogP contribution in [0.15, 0.2) is 0 Å². The maximum Gasteiger partial charge on any atom is 0.228 e. The number of alkyl halides is 1. The van der Waals surface area contributed by atoms with Gasteiger partial charge in [0, 0.05) is 24.1 Å². The Morgan fingerprint density at radius 1 is 1.62 bits per heavy atom. The van der Waals surface area contributed by atoms with E-state index in [0.29, 0.717) is 18.3 Å². The van der Waals surface area contributed by atoms with E-state index in [4.69, 9.17) is 11.6 Å². The second kappa shape index (κ2) is 4.87. The predicted octanol–water partition coefficient (Wildman–Crippen LogP) is 1.34. The largest absolute Gasteiger partial charge is 0.228 e. The molecule has 0 spiro atoms. The molecular formula is C7H14ClNO2S2. The van der Waals surface area contributed by atoms with E-state index in [-0.39, 0.29) is 5.21 Å². The van der Waals surface area contributed by atoms with E-state index in [1.807, 2.05) is 11.8 Å². The number of halogens is 1. The van der Waals surface area contributed by atoms with Gasteiger partial charge in [0.25, 0.3) is 0 Å². The molecule has 0 amide bonds. The van der Waals surface area contributed by atoms with Gasteiger partial charge in [-0.15, -0.1) is 11.6 Å². The molecule has 1 rings (SSSR count). The monoisotopic (exact) mass is 243 g/mol.